The molecule has 1 fully saturated rings. The van der Waals surface area contributed by atoms with E-state index >= 15 is 0 Å². The van der Waals surface area contributed by atoms with Gasteiger partial charge in [0.25, 0.3) is 0 Å². The summed E-state index contributed by atoms with van der Waals surface area (Å²) in [6.07, 6.45) is 3.01. The normalized spacial score (nSPS) is 23.9. The first-order valence-corrected chi connectivity index (χ1v) is 5.94. The molecule has 4 heteroatoms. The third-order valence-corrected chi connectivity index (χ3v) is 3.52. The molecule has 3 nitrogen and oxygen atoms in total. The number of ether oxygens (including phenoxy) is 1. The summed E-state index contributed by atoms with van der Waals surface area (Å²) in [5.74, 6) is 0.510. The van der Waals surface area contributed by atoms with Crippen LogP contribution in [0.25, 0.3) is 0 Å². The summed E-state index contributed by atoms with van der Waals surface area (Å²) in [4.78, 5) is 4.31. The second-order valence-corrected chi connectivity index (χ2v) is 4.67. The number of nitrogens with zero attached hydrogens (tertiary/aromatic N) is 1. The van der Waals surface area contributed by atoms with Crippen LogP contribution in [0.15, 0.2) is 11.6 Å². The molecule has 0 bridgehead atoms. The van der Waals surface area contributed by atoms with Gasteiger partial charge in [-0.05, 0) is 6.42 Å². The predicted molar refractivity (Wildman–Crippen MR) is 57.8 cm³/mol. The van der Waals surface area contributed by atoms with Crippen LogP contribution in [0.5, 0.6) is 0 Å². The summed E-state index contributed by atoms with van der Waals surface area (Å²) in [7, 11) is 0. The lowest BCUT2D eigenvalue weighted by molar-refractivity contribution is 0.190. The van der Waals surface area contributed by atoms with Crippen molar-refractivity contribution in [3.8, 4) is 0 Å². The average Bonchev–Trinajstić information content (AvgIpc) is 2.87. The minimum absolute atomic E-state index is 0.510. The SMILES string of the molecule is CC(CNC1CCOC1)c1nccs1. The summed E-state index contributed by atoms with van der Waals surface area (Å²) in [5.41, 5.74) is 0. The molecule has 14 heavy (non-hydrogen) atoms. The molecule has 1 aliphatic rings. The third kappa shape index (κ3) is 2.53. The van der Waals surface area contributed by atoms with E-state index in [-0.39, 0.29) is 0 Å². The van der Waals surface area contributed by atoms with Crippen LogP contribution in [-0.2, 0) is 4.74 Å². The highest BCUT2D eigenvalue weighted by molar-refractivity contribution is 7.09. The molecule has 0 spiro atoms. The number of thiazole rings is 1. The average molecular weight is 212 g/mol. The van der Waals surface area contributed by atoms with Gasteiger partial charge in [0.05, 0.1) is 11.6 Å². The van der Waals surface area contributed by atoms with Crippen LogP contribution in [-0.4, -0.2) is 30.8 Å². The highest BCUT2D eigenvalue weighted by Crippen LogP contribution is 2.17. The smallest absolute Gasteiger partial charge is 0.0965 e. The molecule has 0 amide bonds. The van der Waals surface area contributed by atoms with E-state index in [9.17, 15) is 0 Å². The number of nitrogens with one attached hydrogen (secondary N) is 1. The van der Waals surface area contributed by atoms with E-state index < -0.39 is 0 Å². The maximum atomic E-state index is 5.30. The van der Waals surface area contributed by atoms with Crippen molar-refractivity contribution >= 4 is 11.3 Å². The molecule has 2 unspecified atom stereocenters. The number of hydrogen-bond donors (Lipinski definition) is 1. The Morgan fingerprint density at radius 3 is 3.36 bits per heavy atom. The Morgan fingerprint density at radius 1 is 1.79 bits per heavy atom. The number of hydrogen-bond acceptors (Lipinski definition) is 4. The minimum Gasteiger partial charge on any atom is -0.380 e. The minimum atomic E-state index is 0.510. The van der Waals surface area contributed by atoms with Crippen molar-refractivity contribution in [1.82, 2.24) is 10.3 Å². The maximum Gasteiger partial charge on any atom is 0.0965 e. The molecular formula is C10H16N2OS. The van der Waals surface area contributed by atoms with E-state index in [1.807, 2.05) is 11.6 Å². The topological polar surface area (TPSA) is 34.1 Å². The Bertz CT molecular complexity index is 257. The fourth-order valence-electron chi connectivity index (χ4n) is 1.60. The molecule has 1 aromatic rings. The van der Waals surface area contributed by atoms with Gasteiger partial charge in [-0.2, -0.15) is 0 Å². The first kappa shape index (κ1) is 10.1. The van der Waals surface area contributed by atoms with E-state index in [4.69, 9.17) is 4.74 Å². The second kappa shape index (κ2) is 4.87. The fraction of sp³-hybridized carbons (Fsp3) is 0.700. The van der Waals surface area contributed by atoms with Crippen molar-refractivity contribution < 1.29 is 4.74 Å². The van der Waals surface area contributed by atoms with Crippen molar-refractivity contribution in [3.63, 3.8) is 0 Å². The molecule has 1 saturated heterocycles. The highest BCUT2D eigenvalue weighted by atomic mass is 32.1. The van der Waals surface area contributed by atoms with Gasteiger partial charge in [0, 0.05) is 36.7 Å². The first-order chi connectivity index (χ1) is 6.86. The molecule has 2 rings (SSSR count). The van der Waals surface area contributed by atoms with E-state index in [0.717, 1.165) is 26.2 Å². The molecule has 0 radical (unpaired) electrons. The lowest BCUT2D eigenvalue weighted by atomic mass is 10.1. The fourth-order valence-corrected chi connectivity index (χ4v) is 2.30. The van der Waals surface area contributed by atoms with Crippen LogP contribution >= 0.6 is 11.3 Å². The molecule has 2 atom stereocenters. The standard InChI is InChI=1S/C10H16N2OS/c1-8(10-11-3-5-14-10)6-12-9-2-4-13-7-9/h3,5,8-9,12H,2,4,6-7H2,1H3. The van der Waals surface area contributed by atoms with E-state index in [2.05, 4.69) is 17.2 Å². The van der Waals surface area contributed by atoms with Gasteiger partial charge in [0.15, 0.2) is 0 Å². The quantitative estimate of drug-likeness (QED) is 0.823. The van der Waals surface area contributed by atoms with Gasteiger partial charge in [-0.1, -0.05) is 6.92 Å². The van der Waals surface area contributed by atoms with Gasteiger partial charge >= 0.3 is 0 Å². The van der Waals surface area contributed by atoms with Gasteiger partial charge in [0.1, 0.15) is 0 Å². The van der Waals surface area contributed by atoms with Gasteiger partial charge in [-0.3, -0.25) is 0 Å². The maximum absolute atomic E-state index is 5.30. The zero-order valence-corrected chi connectivity index (χ0v) is 9.22. The van der Waals surface area contributed by atoms with E-state index in [1.54, 1.807) is 11.3 Å². The van der Waals surface area contributed by atoms with Crippen LogP contribution in [0.3, 0.4) is 0 Å². The number of rotatable bonds is 4. The van der Waals surface area contributed by atoms with Gasteiger partial charge in [-0.25, -0.2) is 4.98 Å². The lowest BCUT2D eigenvalue weighted by Gasteiger charge is -2.13. The predicted octanol–water partition coefficient (Wildman–Crippen LogP) is 1.63. The first-order valence-electron chi connectivity index (χ1n) is 5.07. The van der Waals surface area contributed by atoms with E-state index in [0.29, 0.717) is 12.0 Å². The molecular weight excluding hydrogens is 196 g/mol. The Hall–Kier alpha value is -0.450. The lowest BCUT2D eigenvalue weighted by Crippen LogP contribution is -2.32. The monoisotopic (exact) mass is 212 g/mol. The van der Waals surface area contributed by atoms with Crippen molar-refractivity contribution in [1.29, 1.82) is 0 Å². The van der Waals surface area contributed by atoms with Crippen molar-refractivity contribution in [2.45, 2.75) is 25.3 Å². The van der Waals surface area contributed by atoms with Crippen LogP contribution in [0.1, 0.15) is 24.3 Å². The van der Waals surface area contributed by atoms with Crippen molar-refractivity contribution in [2.75, 3.05) is 19.8 Å². The Morgan fingerprint density at radius 2 is 2.71 bits per heavy atom. The number of aromatic nitrogens is 1. The summed E-state index contributed by atoms with van der Waals surface area (Å²) in [6.45, 7) is 4.98. The molecule has 1 N–H and O–H groups in total. The third-order valence-electron chi connectivity index (χ3n) is 2.52. The van der Waals surface area contributed by atoms with Crippen molar-refractivity contribution in [2.24, 2.45) is 0 Å². The van der Waals surface area contributed by atoms with Crippen LogP contribution in [0.4, 0.5) is 0 Å². The second-order valence-electron chi connectivity index (χ2n) is 3.74. The summed E-state index contributed by atoms with van der Waals surface area (Å²) in [5, 5.41) is 6.76. The molecule has 0 saturated carbocycles. The van der Waals surface area contributed by atoms with Crippen LogP contribution in [0, 0.1) is 0 Å². The Balaban J connectivity index is 1.74. The summed E-state index contributed by atoms with van der Waals surface area (Å²) in [6, 6.07) is 0.553. The zero-order valence-electron chi connectivity index (χ0n) is 8.40. The van der Waals surface area contributed by atoms with Gasteiger partial charge in [-0.15, -0.1) is 11.3 Å². The van der Waals surface area contributed by atoms with E-state index in [1.165, 1.54) is 5.01 Å². The van der Waals surface area contributed by atoms with Crippen LogP contribution < -0.4 is 5.32 Å². The van der Waals surface area contributed by atoms with Crippen molar-refractivity contribution in [3.05, 3.63) is 16.6 Å². The molecule has 78 valence electrons. The molecule has 1 aromatic heterocycles. The molecule has 1 aliphatic heterocycles. The molecule has 0 aliphatic carbocycles. The molecule has 2 heterocycles. The summed E-state index contributed by atoms with van der Waals surface area (Å²) < 4.78 is 5.30. The Labute approximate surface area is 88.5 Å². The summed E-state index contributed by atoms with van der Waals surface area (Å²) >= 11 is 1.73. The zero-order chi connectivity index (χ0) is 9.80. The van der Waals surface area contributed by atoms with Gasteiger partial charge in [0.2, 0.25) is 0 Å². The largest absolute Gasteiger partial charge is 0.380 e. The highest BCUT2D eigenvalue weighted by Gasteiger charge is 2.16. The Kier molecular flexibility index (Phi) is 3.50. The van der Waals surface area contributed by atoms with Crippen LogP contribution in [0.2, 0.25) is 0 Å². The van der Waals surface area contributed by atoms with Gasteiger partial charge < -0.3 is 10.1 Å². The molecule has 0 aromatic carbocycles.